The number of hydrogen-bond acceptors (Lipinski definition) is 3. The van der Waals surface area contributed by atoms with E-state index in [4.69, 9.17) is 0 Å². The molecule has 1 aromatic heterocycles. The molecule has 0 unspecified atom stereocenters. The van der Waals surface area contributed by atoms with Crippen molar-refractivity contribution in [3.63, 3.8) is 0 Å². The van der Waals surface area contributed by atoms with Gasteiger partial charge >= 0.3 is 0 Å². The van der Waals surface area contributed by atoms with Gasteiger partial charge in [-0.3, -0.25) is 9.59 Å². The molecule has 2 amide bonds. The quantitative estimate of drug-likeness (QED) is 0.635. The van der Waals surface area contributed by atoms with E-state index in [1.54, 1.807) is 23.0 Å². The van der Waals surface area contributed by atoms with E-state index in [2.05, 4.69) is 5.10 Å². The minimum absolute atomic E-state index is 0.361. The maximum atomic E-state index is 12.8. The van der Waals surface area contributed by atoms with Gasteiger partial charge in [0.2, 0.25) is 6.41 Å². The van der Waals surface area contributed by atoms with Crippen molar-refractivity contribution < 1.29 is 9.59 Å². The van der Waals surface area contributed by atoms with Gasteiger partial charge in [0, 0.05) is 5.56 Å². The van der Waals surface area contributed by atoms with Gasteiger partial charge < -0.3 is 0 Å². The third kappa shape index (κ3) is 4.14. The number of hydrogen-bond donors (Lipinski definition) is 0. The summed E-state index contributed by atoms with van der Waals surface area (Å²) in [6.45, 7) is 9.70. The summed E-state index contributed by atoms with van der Waals surface area (Å²) in [4.78, 5) is 25.5. The Kier molecular flexibility index (Phi) is 6.66. The number of carbonyl (C=O) groups is 2. The van der Waals surface area contributed by atoms with Crippen LogP contribution >= 0.6 is 0 Å². The molecule has 0 fully saturated rings. The summed E-state index contributed by atoms with van der Waals surface area (Å²) < 4.78 is 1.72. The van der Waals surface area contributed by atoms with Crippen LogP contribution in [0.3, 0.4) is 0 Å². The highest BCUT2D eigenvalue weighted by Gasteiger charge is 2.22. The second-order valence-electron chi connectivity index (χ2n) is 5.96. The SMILES string of the molecule is CC.Cc1ccc(-n2ncc(N(C=O)C(=O)c3ccccc3C)c2C)cc1. The zero-order chi connectivity index (χ0) is 20.0. The highest BCUT2D eigenvalue weighted by Crippen LogP contribution is 2.24. The predicted molar refractivity (Wildman–Crippen MR) is 108 cm³/mol. The number of carbonyl (C=O) groups excluding carboxylic acids is 2. The van der Waals surface area contributed by atoms with Crippen LogP contribution in [0.2, 0.25) is 0 Å². The van der Waals surface area contributed by atoms with Crippen LogP contribution in [0.25, 0.3) is 5.69 Å². The lowest BCUT2D eigenvalue weighted by Crippen LogP contribution is -2.30. The number of benzene rings is 2. The average molecular weight is 363 g/mol. The first-order chi connectivity index (χ1) is 13.0. The minimum atomic E-state index is -0.361. The molecular formula is C22H25N3O2. The summed E-state index contributed by atoms with van der Waals surface area (Å²) in [5.41, 5.74) is 4.54. The molecule has 5 heteroatoms. The molecule has 2 aromatic carbocycles. The molecule has 140 valence electrons. The lowest BCUT2D eigenvalue weighted by molar-refractivity contribution is -0.106. The van der Waals surface area contributed by atoms with Gasteiger partial charge in [-0.2, -0.15) is 5.10 Å². The number of aromatic nitrogens is 2. The first kappa shape index (κ1) is 20.1. The third-order valence-electron chi connectivity index (χ3n) is 4.22. The molecule has 0 aliphatic heterocycles. The van der Waals surface area contributed by atoms with E-state index in [0.717, 1.165) is 27.4 Å². The first-order valence-electron chi connectivity index (χ1n) is 8.99. The van der Waals surface area contributed by atoms with E-state index < -0.39 is 0 Å². The van der Waals surface area contributed by atoms with Gasteiger partial charge in [0.15, 0.2) is 0 Å². The number of nitrogens with zero attached hydrogens (tertiary/aromatic N) is 3. The molecule has 0 aliphatic rings. The molecule has 0 spiro atoms. The normalized spacial score (nSPS) is 9.96. The summed E-state index contributed by atoms with van der Waals surface area (Å²) >= 11 is 0. The average Bonchev–Trinajstić information content (AvgIpc) is 3.06. The molecular weight excluding hydrogens is 338 g/mol. The number of amides is 2. The molecule has 0 N–H and O–H groups in total. The fourth-order valence-electron chi connectivity index (χ4n) is 2.74. The van der Waals surface area contributed by atoms with Crippen molar-refractivity contribution >= 4 is 18.0 Å². The van der Waals surface area contributed by atoms with Crippen molar-refractivity contribution in [1.82, 2.24) is 9.78 Å². The van der Waals surface area contributed by atoms with Crippen molar-refractivity contribution in [3.05, 3.63) is 77.1 Å². The van der Waals surface area contributed by atoms with Crippen LogP contribution in [0.1, 0.15) is 41.0 Å². The fourth-order valence-corrected chi connectivity index (χ4v) is 2.74. The van der Waals surface area contributed by atoms with Gasteiger partial charge in [0.1, 0.15) is 0 Å². The Morgan fingerprint density at radius 3 is 2.22 bits per heavy atom. The van der Waals surface area contributed by atoms with Crippen LogP contribution < -0.4 is 4.90 Å². The van der Waals surface area contributed by atoms with E-state index in [1.165, 1.54) is 0 Å². The van der Waals surface area contributed by atoms with Crippen molar-refractivity contribution in [1.29, 1.82) is 0 Å². The lowest BCUT2D eigenvalue weighted by atomic mass is 10.1. The number of aryl methyl sites for hydroxylation is 2. The monoisotopic (exact) mass is 363 g/mol. The van der Waals surface area contributed by atoms with Gasteiger partial charge in [0.25, 0.3) is 5.91 Å². The molecule has 0 aliphatic carbocycles. The fraction of sp³-hybridized carbons (Fsp3) is 0.227. The zero-order valence-corrected chi connectivity index (χ0v) is 16.4. The summed E-state index contributed by atoms with van der Waals surface area (Å²) in [7, 11) is 0. The third-order valence-corrected chi connectivity index (χ3v) is 4.22. The van der Waals surface area contributed by atoms with E-state index in [9.17, 15) is 9.59 Å². The largest absolute Gasteiger partial charge is 0.278 e. The summed E-state index contributed by atoms with van der Waals surface area (Å²) in [5, 5.41) is 4.35. The smallest absolute Gasteiger partial charge is 0.265 e. The van der Waals surface area contributed by atoms with Crippen LogP contribution in [0.5, 0.6) is 0 Å². The van der Waals surface area contributed by atoms with E-state index >= 15 is 0 Å². The maximum absolute atomic E-state index is 12.8. The Labute approximate surface area is 160 Å². The molecule has 5 nitrogen and oxygen atoms in total. The zero-order valence-electron chi connectivity index (χ0n) is 16.4. The molecule has 0 saturated carbocycles. The van der Waals surface area contributed by atoms with Crippen LogP contribution in [-0.4, -0.2) is 22.1 Å². The molecule has 0 bridgehead atoms. The van der Waals surface area contributed by atoms with Crippen LogP contribution in [0, 0.1) is 20.8 Å². The molecule has 3 rings (SSSR count). The number of rotatable bonds is 4. The van der Waals surface area contributed by atoms with Crippen molar-refractivity contribution in [3.8, 4) is 5.69 Å². The second-order valence-corrected chi connectivity index (χ2v) is 5.96. The predicted octanol–water partition coefficient (Wildman–Crippen LogP) is 4.63. The van der Waals surface area contributed by atoms with E-state index in [1.807, 2.05) is 71.0 Å². The van der Waals surface area contributed by atoms with Gasteiger partial charge in [-0.05, 0) is 44.5 Å². The first-order valence-corrected chi connectivity index (χ1v) is 8.99. The standard InChI is InChI=1S/C20H19N3O2.C2H6/c1-14-8-10-17(11-9-14)23-16(3)19(12-21-23)22(13-24)20(25)18-7-5-4-6-15(18)2;1-2/h4-13H,1-3H3;1-2H3. The molecule has 3 aromatic rings. The summed E-state index contributed by atoms with van der Waals surface area (Å²) in [6, 6.07) is 15.1. The van der Waals surface area contributed by atoms with E-state index in [0.29, 0.717) is 17.7 Å². The van der Waals surface area contributed by atoms with Crippen LogP contribution in [-0.2, 0) is 4.79 Å². The van der Waals surface area contributed by atoms with E-state index in [-0.39, 0.29) is 5.91 Å². The number of anilines is 1. The van der Waals surface area contributed by atoms with Crippen molar-refractivity contribution in [2.75, 3.05) is 4.90 Å². The highest BCUT2D eigenvalue weighted by atomic mass is 16.2. The van der Waals surface area contributed by atoms with Crippen molar-refractivity contribution in [2.24, 2.45) is 0 Å². The van der Waals surface area contributed by atoms with Gasteiger partial charge in [-0.15, -0.1) is 0 Å². The lowest BCUT2D eigenvalue weighted by Gasteiger charge is -2.16. The Morgan fingerprint density at radius 2 is 1.63 bits per heavy atom. The maximum Gasteiger partial charge on any atom is 0.265 e. The van der Waals surface area contributed by atoms with Gasteiger partial charge in [0.05, 0.1) is 23.3 Å². The molecule has 27 heavy (non-hydrogen) atoms. The highest BCUT2D eigenvalue weighted by molar-refractivity contribution is 6.16. The minimum Gasteiger partial charge on any atom is -0.278 e. The number of imide groups is 1. The molecule has 1 heterocycles. The van der Waals surface area contributed by atoms with Crippen LogP contribution in [0.4, 0.5) is 5.69 Å². The Bertz CT molecular complexity index is 927. The van der Waals surface area contributed by atoms with Gasteiger partial charge in [-0.1, -0.05) is 49.7 Å². The molecule has 0 radical (unpaired) electrons. The Hall–Kier alpha value is -3.21. The summed E-state index contributed by atoms with van der Waals surface area (Å²) in [5.74, 6) is -0.361. The molecule has 0 atom stereocenters. The van der Waals surface area contributed by atoms with Gasteiger partial charge in [-0.25, -0.2) is 9.58 Å². The topological polar surface area (TPSA) is 55.2 Å². The Balaban J connectivity index is 0.00000126. The van der Waals surface area contributed by atoms with Crippen molar-refractivity contribution in [2.45, 2.75) is 34.6 Å². The Morgan fingerprint density at radius 1 is 1.00 bits per heavy atom. The molecule has 0 saturated heterocycles. The summed E-state index contributed by atoms with van der Waals surface area (Å²) in [6.07, 6.45) is 2.08. The van der Waals surface area contributed by atoms with Crippen LogP contribution in [0.15, 0.2) is 54.7 Å². The second kappa shape index (κ2) is 8.94.